The minimum Gasteiger partial charge on any atom is -0.352 e. The topological polar surface area (TPSA) is 61.4 Å². The van der Waals surface area contributed by atoms with Gasteiger partial charge in [-0.15, -0.1) is 0 Å². The first kappa shape index (κ1) is 15.0. The zero-order chi connectivity index (χ0) is 13.4. The molecular formula is C13H25N3O2. The molecule has 2 N–H and O–H groups in total. The van der Waals surface area contributed by atoms with E-state index in [1.54, 1.807) is 0 Å². The van der Waals surface area contributed by atoms with Crippen molar-refractivity contribution in [1.29, 1.82) is 0 Å². The molecule has 1 saturated heterocycles. The first-order chi connectivity index (χ1) is 8.58. The van der Waals surface area contributed by atoms with Crippen LogP contribution in [0, 0.1) is 0 Å². The highest BCUT2D eigenvalue weighted by Crippen LogP contribution is 2.08. The maximum atomic E-state index is 11.7. The van der Waals surface area contributed by atoms with E-state index in [4.69, 9.17) is 0 Å². The molecule has 1 rings (SSSR count). The summed E-state index contributed by atoms with van der Waals surface area (Å²) in [6.45, 7) is 6.27. The fourth-order valence-electron chi connectivity index (χ4n) is 2.11. The molecule has 0 aromatic rings. The van der Waals surface area contributed by atoms with Gasteiger partial charge in [-0.05, 0) is 39.8 Å². The Morgan fingerprint density at radius 3 is 2.22 bits per heavy atom. The van der Waals surface area contributed by atoms with Crippen molar-refractivity contribution in [2.75, 3.05) is 26.2 Å². The van der Waals surface area contributed by atoms with Crippen molar-refractivity contribution in [3.8, 4) is 0 Å². The zero-order valence-corrected chi connectivity index (χ0v) is 11.5. The van der Waals surface area contributed by atoms with Crippen LogP contribution < -0.4 is 10.6 Å². The lowest BCUT2D eigenvalue weighted by atomic mass is 10.2. The first-order valence-electron chi connectivity index (χ1n) is 6.86. The smallest absolute Gasteiger partial charge is 0.239 e. The number of hydrogen-bond donors (Lipinski definition) is 2. The molecule has 1 aliphatic rings. The fraction of sp³-hybridized carbons (Fsp3) is 0.846. The van der Waals surface area contributed by atoms with Gasteiger partial charge in [0.1, 0.15) is 0 Å². The molecule has 0 atom stereocenters. The molecule has 0 unspecified atom stereocenters. The lowest BCUT2D eigenvalue weighted by molar-refractivity contribution is -0.127. The summed E-state index contributed by atoms with van der Waals surface area (Å²) in [5.74, 6) is -0.190. The van der Waals surface area contributed by atoms with Gasteiger partial charge < -0.3 is 10.6 Å². The van der Waals surface area contributed by atoms with Crippen LogP contribution in [0.5, 0.6) is 0 Å². The van der Waals surface area contributed by atoms with Crippen LogP contribution in [0.2, 0.25) is 0 Å². The van der Waals surface area contributed by atoms with E-state index in [0.717, 1.165) is 13.1 Å². The second kappa shape index (κ2) is 8.08. The largest absolute Gasteiger partial charge is 0.352 e. The highest BCUT2D eigenvalue weighted by atomic mass is 16.2. The van der Waals surface area contributed by atoms with Crippen LogP contribution in [-0.2, 0) is 9.59 Å². The third-order valence-electron chi connectivity index (χ3n) is 2.96. The monoisotopic (exact) mass is 255 g/mol. The second-order valence-electron chi connectivity index (χ2n) is 5.19. The van der Waals surface area contributed by atoms with Crippen molar-refractivity contribution < 1.29 is 9.59 Å². The average Bonchev–Trinajstić information content (AvgIpc) is 2.54. The van der Waals surface area contributed by atoms with Gasteiger partial charge in [-0.25, -0.2) is 0 Å². The molecule has 5 nitrogen and oxygen atoms in total. The highest BCUT2D eigenvalue weighted by molar-refractivity contribution is 5.85. The minimum atomic E-state index is -0.130. The predicted molar refractivity (Wildman–Crippen MR) is 71.2 cm³/mol. The molecule has 2 amide bonds. The lowest BCUT2D eigenvalue weighted by Crippen LogP contribution is -2.43. The Morgan fingerprint density at radius 1 is 1.06 bits per heavy atom. The van der Waals surface area contributed by atoms with Gasteiger partial charge in [-0.1, -0.05) is 12.8 Å². The van der Waals surface area contributed by atoms with Gasteiger partial charge >= 0.3 is 0 Å². The fourth-order valence-corrected chi connectivity index (χ4v) is 2.11. The second-order valence-corrected chi connectivity index (χ2v) is 5.19. The molecule has 18 heavy (non-hydrogen) atoms. The zero-order valence-electron chi connectivity index (χ0n) is 11.5. The number of carbonyl (C=O) groups excluding carboxylic acids is 2. The Bertz CT molecular complexity index is 271. The van der Waals surface area contributed by atoms with Crippen molar-refractivity contribution in [2.24, 2.45) is 0 Å². The lowest BCUT2D eigenvalue weighted by Gasteiger charge is -2.19. The molecule has 0 aromatic heterocycles. The van der Waals surface area contributed by atoms with Crippen molar-refractivity contribution in [2.45, 2.75) is 45.6 Å². The van der Waals surface area contributed by atoms with Crippen LogP contribution in [0.3, 0.4) is 0 Å². The number of likely N-dealkylation sites (tertiary alicyclic amines) is 1. The van der Waals surface area contributed by atoms with Crippen molar-refractivity contribution in [1.82, 2.24) is 15.5 Å². The third kappa shape index (κ3) is 6.59. The number of carbonyl (C=O) groups is 2. The van der Waals surface area contributed by atoms with Gasteiger partial charge in [0.15, 0.2) is 0 Å². The van der Waals surface area contributed by atoms with E-state index in [0.29, 0.717) is 6.54 Å². The van der Waals surface area contributed by atoms with Gasteiger partial charge in [0.05, 0.1) is 13.1 Å². The molecule has 0 aromatic carbocycles. The Hall–Kier alpha value is -1.10. The molecule has 0 bridgehead atoms. The molecule has 1 fully saturated rings. The van der Waals surface area contributed by atoms with Crippen LogP contribution >= 0.6 is 0 Å². The van der Waals surface area contributed by atoms with Gasteiger partial charge in [-0.3, -0.25) is 14.5 Å². The van der Waals surface area contributed by atoms with E-state index in [1.807, 2.05) is 13.8 Å². The van der Waals surface area contributed by atoms with Crippen molar-refractivity contribution >= 4 is 11.8 Å². The van der Waals surface area contributed by atoms with E-state index in [2.05, 4.69) is 15.5 Å². The standard InChI is InChI=1S/C13H25N3O2/c1-11(2)15-12(17)9-14-13(18)10-16-7-5-3-4-6-8-16/h11H,3-10H2,1-2H3,(H,14,18)(H,15,17). The van der Waals surface area contributed by atoms with Crippen LogP contribution in [0.4, 0.5) is 0 Å². The summed E-state index contributed by atoms with van der Waals surface area (Å²) in [5.41, 5.74) is 0. The molecule has 0 spiro atoms. The van der Waals surface area contributed by atoms with Gasteiger partial charge in [0.25, 0.3) is 0 Å². The molecule has 0 saturated carbocycles. The quantitative estimate of drug-likeness (QED) is 0.752. The Labute approximate surface area is 109 Å². The molecule has 0 radical (unpaired) electrons. The van der Waals surface area contributed by atoms with Gasteiger partial charge in [-0.2, -0.15) is 0 Å². The van der Waals surface area contributed by atoms with E-state index < -0.39 is 0 Å². The molecule has 104 valence electrons. The minimum absolute atomic E-state index is 0.0594. The average molecular weight is 255 g/mol. The SMILES string of the molecule is CC(C)NC(=O)CNC(=O)CN1CCCCCC1. The van der Waals surface area contributed by atoms with E-state index in [9.17, 15) is 9.59 Å². The molecule has 1 heterocycles. The molecule has 5 heteroatoms. The van der Waals surface area contributed by atoms with E-state index >= 15 is 0 Å². The van der Waals surface area contributed by atoms with Crippen molar-refractivity contribution in [3.63, 3.8) is 0 Å². The molecule has 1 aliphatic heterocycles. The predicted octanol–water partition coefficient (Wildman–Crippen LogP) is 0.503. The number of hydrogen-bond acceptors (Lipinski definition) is 3. The third-order valence-corrected chi connectivity index (χ3v) is 2.96. The molecular weight excluding hydrogens is 230 g/mol. The number of nitrogens with zero attached hydrogens (tertiary/aromatic N) is 1. The van der Waals surface area contributed by atoms with Crippen LogP contribution in [-0.4, -0.2) is 48.9 Å². The first-order valence-corrected chi connectivity index (χ1v) is 6.86. The number of rotatable bonds is 5. The number of nitrogens with one attached hydrogen (secondary N) is 2. The van der Waals surface area contributed by atoms with E-state index in [-0.39, 0.29) is 24.4 Å². The van der Waals surface area contributed by atoms with Crippen LogP contribution in [0.15, 0.2) is 0 Å². The Kier molecular flexibility index (Phi) is 6.72. The summed E-state index contributed by atoms with van der Waals surface area (Å²) in [7, 11) is 0. The van der Waals surface area contributed by atoms with Gasteiger partial charge in [0, 0.05) is 6.04 Å². The maximum Gasteiger partial charge on any atom is 0.239 e. The summed E-state index contributed by atoms with van der Waals surface area (Å²) in [6.07, 6.45) is 4.85. The Morgan fingerprint density at radius 2 is 1.67 bits per heavy atom. The number of amides is 2. The van der Waals surface area contributed by atoms with Crippen molar-refractivity contribution in [3.05, 3.63) is 0 Å². The van der Waals surface area contributed by atoms with Crippen LogP contribution in [0.25, 0.3) is 0 Å². The maximum absolute atomic E-state index is 11.7. The summed E-state index contributed by atoms with van der Waals surface area (Å²) in [5, 5.41) is 5.41. The summed E-state index contributed by atoms with van der Waals surface area (Å²) >= 11 is 0. The highest BCUT2D eigenvalue weighted by Gasteiger charge is 2.13. The Balaban J connectivity index is 2.18. The van der Waals surface area contributed by atoms with Crippen LogP contribution in [0.1, 0.15) is 39.5 Å². The molecule has 0 aliphatic carbocycles. The summed E-state index contributed by atoms with van der Waals surface area (Å²) in [4.78, 5) is 25.2. The van der Waals surface area contributed by atoms with Gasteiger partial charge in [0.2, 0.25) is 11.8 Å². The van der Waals surface area contributed by atoms with E-state index in [1.165, 1.54) is 25.7 Å². The summed E-state index contributed by atoms with van der Waals surface area (Å²) < 4.78 is 0. The summed E-state index contributed by atoms with van der Waals surface area (Å²) in [6, 6.07) is 0.111. The normalized spacial score (nSPS) is 17.3.